The Morgan fingerprint density at radius 2 is 2.11 bits per heavy atom. The highest BCUT2D eigenvalue weighted by Gasteiger charge is 2.32. The first-order valence-corrected chi connectivity index (χ1v) is 9.05. The fraction of sp³-hybridized carbons (Fsp3) is 0.474. The Labute approximate surface area is 158 Å². The van der Waals surface area contributed by atoms with Crippen molar-refractivity contribution < 1.29 is 19.0 Å². The van der Waals surface area contributed by atoms with Gasteiger partial charge < -0.3 is 24.4 Å². The van der Waals surface area contributed by atoms with Gasteiger partial charge in [0.25, 0.3) is 0 Å². The van der Waals surface area contributed by atoms with E-state index >= 15 is 0 Å². The van der Waals surface area contributed by atoms with E-state index < -0.39 is 0 Å². The molecule has 27 heavy (non-hydrogen) atoms. The van der Waals surface area contributed by atoms with Crippen molar-refractivity contribution >= 4 is 6.03 Å². The Bertz CT molecular complexity index is 864. The first-order chi connectivity index (χ1) is 13.0. The Hall–Kier alpha value is -2.74. The number of aryl methyl sites for hydroxylation is 2. The van der Waals surface area contributed by atoms with Crippen molar-refractivity contribution in [2.75, 3.05) is 26.6 Å². The minimum absolute atomic E-state index is 0.108. The Kier molecular flexibility index (Phi) is 4.65. The van der Waals surface area contributed by atoms with E-state index in [0.29, 0.717) is 32.1 Å². The van der Waals surface area contributed by atoms with Crippen LogP contribution in [-0.2, 0) is 18.3 Å². The molecule has 2 aliphatic rings. The molecule has 2 aromatic rings. The van der Waals surface area contributed by atoms with E-state index in [0.717, 1.165) is 28.3 Å². The lowest BCUT2D eigenvalue weighted by Gasteiger charge is -2.36. The molecule has 0 spiro atoms. The highest BCUT2D eigenvalue weighted by Crippen LogP contribution is 2.33. The molecule has 4 rings (SSSR count). The van der Waals surface area contributed by atoms with Gasteiger partial charge in [-0.3, -0.25) is 4.68 Å². The summed E-state index contributed by atoms with van der Waals surface area (Å²) in [6.07, 6.45) is 0. The standard InChI is InChI=1S/C19H24N4O4/c1-12-18(13(2)22(3)21-12)15-10-25-7-6-23(15)19(24)20-9-14-4-5-16-17(8-14)27-11-26-16/h4-5,8,15H,6-7,9-11H2,1-3H3,(H,20,24). The van der Waals surface area contributed by atoms with Gasteiger partial charge in [-0.05, 0) is 31.5 Å². The molecule has 1 saturated heterocycles. The molecular weight excluding hydrogens is 348 g/mol. The fourth-order valence-electron chi connectivity index (χ4n) is 3.69. The molecule has 0 aliphatic carbocycles. The minimum atomic E-state index is -0.135. The SMILES string of the molecule is Cc1nn(C)c(C)c1C1COCCN1C(=O)NCc1ccc2c(c1)OCO2. The maximum absolute atomic E-state index is 12.9. The molecule has 2 aliphatic heterocycles. The fourth-order valence-corrected chi connectivity index (χ4v) is 3.69. The summed E-state index contributed by atoms with van der Waals surface area (Å²) in [6.45, 7) is 6.21. The second-order valence-corrected chi connectivity index (χ2v) is 6.84. The summed E-state index contributed by atoms with van der Waals surface area (Å²) in [5.41, 5.74) is 4.01. The van der Waals surface area contributed by atoms with E-state index in [1.54, 1.807) is 0 Å². The van der Waals surface area contributed by atoms with Gasteiger partial charge in [0.05, 0.1) is 24.9 Å². The number of hydrogen-bond donors (Lipinski definition) is 1. The van der Waals surface area contributed by atoms with Gasteiger partial charge in [0.1, 0.15) is 0 Å². The van der Waals surface area contributed by atoms with E-state index in [2.05, 4.69) is 10.4 Å². The maximum atomic E-state index is 12.9. The van der Waals surface area contributed by atoms with Crippen LogP contribution in [0.5, 0.6) is 11.5 Å². The van der Waals surface area contributed by atoms with Crippen LogP contribution in [0.15, 0.2) is 18.2 Å². The van der Waals surface area contributed by atoms with Crippen LogP contribution in [0.4, 0.5) is 4.79 Å². The smallest absolute Gasteiger partial charge is 0.318 e. The molecule has 0 saturated carbocycles. The topological polar surface area (TPSA) is 77.9 Å². The second kappa shape index (κ2) is 7.11. The highest BCUT2D eigenvalue weighted by molar-refractivity contribution is 5.75. The van der Waals surface area contributed by atoms with Crippen molar-refractivity contribution in [3.05, 3.63) is 40.7 Å². The van der Waals surface area contributed by atoms with Crippen molar-refractivity contribution in [2.24, 2.45) is 7.05 Å². The van der Waals surface area contributed by atoms with Crippen molar-refractivity contribution in [3.8, 4) is 11.5 Å². The second-order valence-electron chi connectivity index (χ2n) is 6.84. The normalized spacial score (nSPS) is 18.6. The molecule has 3 heterocycles. The van der Waals surface area contributed by atoms with Gasteiger partial charge in [-0.2, -0.15) is 5.10 Å². The molecule has 1 atom stereocenters. The summed E-state index contributed by atoms with van der Waals surface area (Å²) in [7, 11) is 1.92. The van der Waals surface area contributed by atoms with Gasteiger partial charge in [-0.1, -0.05) is 6.07 Å². The quantitative estimate of drug-likeness (QED) is 0.892. The predicted octanol–water partition coefficient (Wildman–Crippen LogP) is 2.05. The number of nitrogens with zero attached hydrogens (tertiary/aromatic N) is 3. The third kappa shape index (κ3) is 3.32. The van der Waals surface area contributed by atoms with Crippen molar-refractivity contribution in [1.82, 2.24) is 20.0 Å². The van der Waals surface area contributed by atoms with Gasteiger partial charge in [0.15, 0.2) is 11.5 Å². The Balaban J connectivity index is 1.47. The first-order valence-electron chi connectivity index (χ1n) is 9.05. The number of aromatic nitrogens is 2. The van der Waals surface area contributed by atoms with Crippen LogP contribution < -0.4 is 14.8 Å². The molecule has 0 radical (unpaired) electrons. The summed E-state index contributed by atoms with van der Waals surface area (Å²) >= 11 is 0. The van der Waals surface area contributed by atoms with E-state index in [1.165, 1.54) is 0 Å². The van der Waals surface area contributed by atoms with Gasteiger partial charge in [0.2, 0.25) is 6.79 Å². The summed E-state index contributed by atoms with van der Waals surface area (Å²) in [5.74, 6) is 1.45. The number of hydrogen-bond acceptors (Lipinski definition) is 5. The van der Waals surface area contributed by atoms with E-state index in [9.17, 15) is 4.79 Å². The lowest BCUT2D eigenvalue weighted by molar-refractivity contribution is 0.0111. The lowest BCUT2D eigenvalue weighted by Crippen LogP contribution is -2.48. The van der Waals surface area contributed by atoms with Crippen LogP contribution in [0.1, 0.15) is 28.6 Å². The highest BCUT2D eigenvalue weighted by atomic mass is 16.7. The third-order valence-corrected chi connectivity index (χ3v) is 5.17. The maximum Gasteiger partial charge on any atom is 0.318 e. The molecule has 0 bridgehead atoms. The van der Waals surface area contributed by atoms with Crippen LogP contribution >= 0.6 is 0 Å². The lowest BCUT2D eigenvalue weighted by atomic mass is 10.0. The van der Waals surface area contributed by atoms with Gasteiger partial charge in [-0.25, -0.2) is 4.79 Å². The Morgan fingerprint density at radius 3 is 2.89 bits per heavy atom. The molecular formula is C19H24N4O4. The summed E-state index contributed by atoms with van der Waals surface area (Å²) in [6, 6.07) is 5.45. The molecule has 2 amide bonds. The Morgan fingerprint density at radius 1 is 1.30 bits per heavy atom. The largest absolute Gasteiger partial charge is 0.454 e. The monoisotopic (exact) mass is 372 g/mol. The number of carbonyl (C=O) groups is 1. The zero-order chi connectivity index (χ0) is 19.0. The first kappa shape index (κ1) is 17.7. The average Bonchev–Trinajstić information content (AvgIpc) is 3.23. The predicted molar refractivity (Wildman–Crippen MR) is 97.7 cm³/mol. The third-order valence-electron chi connectivity index (χ3n) is 5.17. The summed E-state index contributed by atoms with van der Waals surface area (Å²) in [5, 5.41) is 7.50. The van der Waals surface area contributed by atoms with Crippen LogP contribution in [-0.4, -0.2) is 47.3 Å². The summed E-state index contributed by atoms with van der Waals surface area (Å²) in [4.78, 5) is 14.7. The van der Waals surface area contributed by atoms with E-state index in [1.807, 2.05) is 48.7 Å². The number of amides is 2. The summed E-state index contributed by atoms with van der Waals surface area (Å²) < 4.78 is 18.2. The number of fused-ring (bicyclic) bond motifs is 1. The number of benzene rings is 1. The molecule has 8 heteroatoms. The number of morpholine rings is 1. The number of ether oxygens (including phenoxy) is 3. The average molecular weight is 372 g/mol. The van der Waals surface area contributed by atoms with Gasteiger partial charge in [0, 0.05) is 31.4 Å². The molecule has 144 valence electrons. The molecule has 1 aromatic carbocycles. The van der Waals surface area contributed by atoms with Crippen LogP contribution in [0.25, 0.3) is 0 Å². The molecule has 1 aromatic heterocycles. The molecule has 8 nitrogen and oxygen atoms in total. The van der Waals surface area contributed by atoms with Crippen LogP contribution in [0.2, 0.25) is 0 Å². The number of urea groups is 1. The minimum Gasteiger partial charge on any atom is -0.454 e. The van der Waals surface area contributed by atoms with E-state index in [-0.39, 0.29) is 18.9 Å². The zero-order valence-electron chi connectivity index (χ0n) is 15.8. The van der Waals surface area contributed by atoms with Crippen molar-refractivity contribution in [3.63, 3.8) is 0 Å². The van der Waals surface area contributed by atoms with Crippen LogP contribution in [0.3, 0.4) is 0 Å². The van der Waals surface area contributed by atoms with Gasteiger partial charge in [-0.15, -0.1) is 0 Å². The van der Waals surface area contributed by atoms with Crippen LogP contribution in [0, 0.1) is 13.8 Å². The zero-order valence-corrected chi connectivity index (χ0v) is 15.8. The van der Waals surface area contributed by atoms with E-state index in [4.69, 9.17) is 14.2 Å². The van der Waals surface area contributed by atoms with Crippen molar-refractivity contribution in [1.29, 1.82) is 0 Å². The molecule has 1 N–H and O–H groups in total. The number of rotatable bonds is 3. The van der Waals surface area contributed by atoms with Crippen molar-refractivity contribution in [2.45, 2.75) is 26.4 Å². The number of carbonyl (C=O) groups excluding carboxylic acids is 1. The number of nitrogens with one attached hydrogen (secondary N) is 1. The molecule has 1 fully saturated rings. The molecule has 1 unspecified atom stereocenters. The van der Waals surface area contributed by atoms with Gasteiger partial charge >= 0.3 is 6.03 Å².